The minimum atomic E-state index is -4.67. The number of ether oxygens (including phenoxy) is 1. The van der Waals surface area contributed by atoms with Crippen LogP contribution in [0.4, 0.5) is 5.82 Å². The first-order chi connectivity index (χ1) is 14.7. The molecule has 11 nitrogen and oxygen atoms in total. The Balaban J connectivity index is 1.94. The van der Waals surface area contributed by atoms with Crippen molar-refractivity contribution in [1.82, 2.24) is 15.3 Å². The number of aromatic nitrogens is 2. The molecule has 0 aliphatic carbocycles. The second-order valence-corrected chi connectivity index (χ2v) is 8.80. The lowest BCUT2D eigenvalue weighted by Crippen LogP contribution is -2.43. The molecule has 1 aromatic heterocycles. The molecule has 4 N–H and O–H groups in total. The van der Waals surface area contributed by atoms with Crippen molar-refractivity contribution in [2.75, 3.05) is 31.3 Å². The summed E-state index contributed by atoms with van der Waals surface area (Å²) in [6, 6.07) is 8.62. The van der Waals surface area contributed by atoms with Crippen LogP contribution < -0.4 is 10.2 Å². The predicted octanol–water partition coefficient (Wildman–Crippen LogP) is 0.729. The molecule has 31 heavy (non-hydrogen) atoms. The molecule has 2 aromatic rings. The number of amides is 1. The van der Waals surface area contributed by atoms with Gasteiger partial charge in [-0.15, -0.1) is 0 Å². The minimum absolute atomic E-state index is 0.0204. The van der Waals surface area contributed by atoms with Crippen molar-refractivity contribution in [3.05, 3.63) is 42.1 Å². The summed E-state index contributed by atoms with van der Waals surface area (Å²) in [6.07, 6.45) is -0.224. The first-order valence-electron chi connectivity index (χ1n) is 9.47. The highest BCUT2D eigenvalue weighted by Crippen LogP contribution is 2.35. The van der Waals surface area contributed by atoms with Gasteiger partial charge in [-0.2, -0.15) is 0 Å². The van der Waals surface area contributed by atoms with Crippen molar-refractivity contribution >= 4 is 25.3 Å². The van der Waals surface area contributed by atoms with E-state index in [-0.39, 0.29) is 17.6 Å². The number of hydrogen-bond donors (Lipinski definition) is 4. The van der Waals surface area contributed by atoms with Gasteiger partial charge in [-0.1, -0.05) is 30.3 Å². The van der Waals surface area contributed by atoms with Crippen LogP contribution in [0, 0.1) is 0 Å². The van der Waals surface area contributed by atoms with E-state index in [1.807, 2.05) is 11.0 Å². The average molecular weight is 450 g/mol. The summed E-state index contributed by atoms with van der Waals surface area (Å²) < 4.78 is 16.6. The lowest BCUT2D eigenvalue weighted by molar-refractivity contribution is -0.138. The fraction of sp³-hybridized carbons (Fsp3) is 0.368. The quantitative estimate of drug-likeness (QED) is 0.422. The normalized spacial score (nSPS) is 17.4. The van der Waals surface area contributed by atoms with Gasteiger partial charge in [-0.05, 0) is 6.42 Å². The van der Waals surface area contributed by atoms with Gasteiger partial charge in [0.1, 0.15) is 17.6 Å². The topological polar surface area (TPSA) is 162 Å². The largest absolute Gasteiger partial charge is 0.480 e. The zero-order valence-electron chi connectivity index (χ0n) is 16.7. The fourth-order valence-electron chi connectivity index (χ4n) is 3.21. The van der Waals surface area contributed by atoms with Crippen molar-refractivity contribution in [2.45, 2.75) is 18.6 Å². The number of hydrogen-bond acceptors (Lipinski definition) is 7. The van der Waals surface area contributed by atoms with E-state index in [1.54, 1.807) is 31.4 Å². The monoisotopic (exact) mass is 450 g/mol. The molecule has 1 amide bonds. The summed E-state index contributed by atoms with van der Waals surface area (Å²) in [4.78, 5) is 53.1. The van der Waals surface area contributed by atoms with E-state index < -0.39 is 31.7 Å². The third kappa shape index (κ3) is 6.08. The standard InChI is InChI=1S/C19H23N4O7P/c1-30-13-7-8-23(10-13)16-9-14(20-17(22-16)12-5-3-2-4-6-12)18(24)21-15(19(25)26)11-31(27,28)29/h2-6,9,13,15H,7-8,10-11H2,1H3,(H,21,24)(H,25,26)(H2,27,28,29). The molecule has 0 radical (unpaired) electrons. The summed E-state index contributed by atoms with van der Waals surface area (Å²) >= 11 is 0. The van der Waals surface area contributed by atoms with Gasteiger partial charge in [0.2, 0.25) is 0 Å². The number of carboxylic acids is 1. The molecule has 1 aromatic carbocycles. The van der Waals surface area contributed by atoms with E-state index >= 15 is 0 Å². The Bertz CT molecular complexity index is 998. The van der Waals surface area contributed by atoms with Gasteiger partial charge in [0.25, 0.3) is 5.91 Å². The molecule has 166 valence electrons. The fourth-order valence-corrected chi connectivity index (χ4v) is 3.94. The van der Waals surface area contributed by atoms with Gasteiger partial charge in [-0.3, -0.25) is 9.36 Å². The molecule has 0 spiro atoms. The first-order valence-corrected chi connectivity index (χ1v) is 11.3. The summed E-state index contributed by atoms with van der Waals surface area (Å²) in [7, 11) is -3.05. The van der Waals surface area contributed by atoms with E-state index in [4.69, 9.17) is 14.5 Å². The zero-order valence-corrected chi connectivity index (χ0v) is 17.6. The maximum Gasteiger partial charge on any atom is 0.328 e. The van der Waals surface area contributed by atoms with E-state index in [0.717, 1.165) is 6.42 Å². The van der Waals surface area contributed by atoms with Crippen LogP contribution in [0.5, 0.6) is 0 Å². The first kappa shape index (κ1) is 22.8. The van der Waals surface area contributed by atoms with Gasteiger partial charge in [0.15, 0.2) is 5.82 Å². The number of carbonyl (C=O) groups excluding carboxylic acids is 1. The highest BCUT2D eigenvalue weighted by atomic mass is 31.2. The third-order valence-corrected chi connectivity index (χ3v) is 5.64. The molecule has 1 saturated heterocycles. The van der Waals surface area contributed by atoms with Crippen LogP contribution in [0.1, 0.15) is 16.9 Å². The SMILES string of the molecule is COC1CCN(c2cc(C(=O)NC(CP(=O)(O)O)C(=O)O)nc(-c3ccccc3)n2)C1. The number of nitrogens with one attached hydrogen (secondary N) is 1. The Morgan fingerprint density at radius 2 is 2.00 bits per heavy atom. The van der Waals surface area contributed by atoms with Crippen molar-refractivity contribution in [3.8, 4) is 11.4 Å². The molecule has 3 rings (SSSR count). The van der Waals surface area contributed by atoms with Crippen LogP contribution >= 0.6 is 7.60 Å². The number of carbonyl (C=O) groups is 2. The number of anilines is 1. The smallest absolute Gasteiger partial charge is 0.328 e. The maximum absolute atomic E-state index is 12.8. The van der Waals surface area contributed by atoms with Crippen molar-refractivity contribution in [2.24, 2.45) is 0 Å². The Labute approximate surface area is 178 Å². The number of aliphatic carboxylic acids is 1. The van der Waals surface area contributed by atoms with Crippen LogP contribution in [-0.2, 0) is 14.1 Å². The van der Waals surface area contributed by atoms with E-state index in [2.05, 4.69) is 15.3 Å². The molecule has 0 bridgehead atoms. The lowest BCUT2D eigenvalue weighted by atomic mass is 10.2. The van der Waals surface area contributed by atoms with Crippen LogP contribution in [0.15, 0.2) is 36.4 Å². The van der Waals surface area contributed by atoms with Gasteiger partial charge < -0.3 is 29.8 Å². The van der Waals surface area contributed by atoms with Crippen molar-refractivity contribution in [1.29, 1.82) is 0 Å². The van der Waals surface area contributed by atoms with Gasteiger partial charge >= 0.3 is 13.6 Å². The van der Waals surface area contributed by atoms with Gasteiger partial charge in [0, 0.05) is 31.8 Å². The maximum atomic E-state index is 12.8. The third-order valence-electron chi connectivity index (χ3n) is 4.80. The van der Waals surface area contributed by atoms with Crippen molar-refractivity contribution < 1.29 is 33.8 Å². The van der Waals surface area contributed by atoms with Crippen LogP contribution in [-0.4, -0.2) is 75.2 Å². The second-order valence-electron chi connectivity index (χ2n) is 7.10. The summed E-state index contributed by atoms with van der Waals surface area (Å²) in [5, 5.41) is 11.4. The molecule has 1 fully saturated rings. The second kappa shape index (κ2) is 9.52. The van der Waals surface area contributed by atoms with Crippen LogP contribution in [0.3, 0.4) is 0 Å². The molecule has 2 heterocycles. The Morgan fingerprint density at radius 1 is 1.29 bits per heavy atom. The van der Waals surface area contributed by atoms with E-state index in [1.165, 1.54) is 6.07 Å². The highest BCUT2D eigenvalue weighted by molar-refractivity contribution is 7.51. The molecule has 0 saturated carbocycles. The van der Waals surface area contributed by atoms with Crippen LogP contribution in [0.25, 0.3) is 11.4 Å². The minimum Gasteiger partial charge on any atom is -0.480 e. The number of nitrogens with zero attached hydrogens (tertiary/aromatic N) is 3. The van der Waals surface area contributed by atoms with Gasteiger partial charge in [0.05, 0.1) is 12.3 Å². The Kier molecular flexibility index (Phi) is 7.01. The molecular formula is C19H23N4O7P. The molecule has 2 atom stereocenters. The molecule has 12 heteroatoms. The number of rotatable bonds is 8. The summed E-state index contributed by atoms with van der Waals surface area (Å²) in [6.45, 7) is 1.22. The number of methoxy groups -OCH3 is 1. The Hall–Kier alpha value is -2.85. The summed E-state index contributed by atoms with van der Waals surface area (Å²) in [5.74, 6) is -1.69. The zero-order chi connectivity index (χ0) is 22.6. The molecule has 1 aliphatic heterocycles. The highest BCUT2D eigenvalue weighted by Gasteiger charge is 2.30. The van der Waals surface area contributed by atoms with Crippen molar-refractivity contribution in [3.63, 3.8) is 0 Å². The average Bonchev–Trinajstić information content (AvgIpc) is 3.22. The Morgan fingerprint density at radius 3 is 2.58 bits per heavy atom. The van der Waals surface area contributed by atoms with Gasteiger partial charge in [-0.25, -0.2) is 14.8 Å². The summed E-state index contributed by atoms with van der Waals surface area (Å²) in [5.41, 5.74) is 0.549. The lowest BCUT2D eigenvalue weighted by Gasteiger charge is -2.19. The van der Waals surface area contributed by atoms with Crippen LogP contribution in [0.2, 0.25) is 0 Å². The number of benzene rings is 1. The number of carboxylic acid groups (broad SMARTS) is 1. The molecule has 2 unspecified atom stereocenters. The predicted molar refractivity (Wildman–Crippen MR) is 111 cm³/mol. The van der Waals surface area contributed by atoms with E-state index in [0.29, 0.717) is 24.5 Å². The molecule has 1 aliphatic rings. The molecular weight excluding hydrogens is 427 g/mol. The van der Waals surface area contributed by atoms with E-state index in [9.17, 15) is 19.3 Å².